The zero-order valence-electron chi connectivity index (χ0n) is 9.27. The van der Waals surface area contributed by atoms with Gasteiger partial charge >= 0.3 is 0 Å². The maximum absolute atomic E-state index is 13.0. The molecule has 0 saturated carbocycles. The third-order valence-corrected chi connectivity index (χ3v) is 4.91. The number of halogens is 3. The summed E-state index contributed by atoms with van der Waals surface area (Å²) in [5.74, 6) is -0.350. The number of aromatic nitrogens is 1. The molecule has 0 atom stereocenters. The molecule has 0 radical (unpaired) electrons. The van der Waals surface area contributed by atoms with Gasteiger partial charge in [0.2, 0.25) is 0 Å². The van der Waals surface area contributed by atoms with Gasteiger partial charge in [-0.1, -0.05) is 6.07 Å². The Labute approximate surface area is 126 Å². The Balaban J connectivity index is 2.38. The minimum absolute atomic E-state index is 0.0596. The van der Waals surface area contributed by atoms with E-state index in [9.17, 15) is 12.8 Å². The van der Waals surface area contributed by atoms with Crippen molar-refractivity contribution in [3.05, 3.63) is 51.3 Å². The van der Waals surface area contributed by atoms with E-state index < -0.39 is 15.8 Å². The van der Waals surface area contributed by atoms with Crippen LogP contribution in [0.4, 0.5) is 10.2 Å². The molecule has 1 aromatic heterocycles. The Hall–Kier alpha value is -0.990. The fraction of sp³-hybridized carbons (Fsp3) is 0. The highest BCUT2D eigenvalue weighted by Crippen LogP contribution is 2.24. The molecule has 0 fully saturated rings. The molecule has 2 aromatic rings. The van der Waals surface area contributed by atoms with E-state index in [-0.39, 0.29) is 15.2 Å². The van der Waals surface area contributed by atoms with Crippen LogP contribution >= 0.6 is 31.9 Å². The van der Waals surface area contributed by atoms with Crippen LogP contribution in [-0.4, -0.2) is 13.4 Å². The van der Waals surface area contributed by atoms with Gasteiger partial charge in [-0.05, 0) is 62.2 Å². The van der Waals surface area contributed by atoms with Gasteiger partial charge in [-0.15, -0.1) is 0 Å². The molecule has 0 aliphatic rings. The first-order valence-corrected chi connectivity index (χ1v) is 8.06. The van der Waals surface area contributed by atoms with Crippen molar-refractivity contribution in [2.24, 2.45) is 0 Å². The van der Waals surface area contributed by atoms with Gasteiger partial charge in [-0.25, -0.2) is 17.8 Å². The molecule has 0 unspecified atom stereocenters. The van der Waals surface area contributed by atoms with Crippen molar-refractivity contribution in [3.8, 4) is 0 Å². The maximum atomic E-state index is 13.0. The van der Waals surface area contributed by atoms with Gasteiger partial charge < -0.3 is 0 Å². The lowest BCUT2D eigenvalue weighted by Gasteiger charge is -2.09. The lowest BCUT2D eigenvalue weighted by molar-refractivity contribution is 0.598. The molecule has 8 heteroatoms. The highest BCUT2D eigenvalue weighted by molar-refractivity contribution is 9.10. The summed E-state index contributed by atoms with van der Waals surface area (Å²) in [6.45, 7) is 0. The Kier molecular flexibility index (Phi) is 4.22. The number of hydrogen-bond donors (Lipinski definition) is 1. The third-order valence-electron chi connectivity index (χ3n) is 2.14. The Bertz CT molecular complexity index is 722. The highest BCUT2D eigenvalue weighted by atomic mass is 79.9. The fourth-order valence-electron chi connectivity index (χ4n) is 1.35. The van der Waals surface area contributed by atoms with Gasteiger partial charge in [0, 0.05) is 4.47 Å². The second kappa shape index (κ2) is 5.56. The third kappa shape index (κ3) is 3.52. The van der Waals surface area contributed by atoms with Gasteiger partial charge in [0.15, 0.2) is 0 Å². The number of nitrogens with one attached hydrogen (secondary N) is 1. The van der Waals surface area contributed by atoms with Crippen LogP contribution in [0.1, 0.15) is 0 Å². The molecule has 0 saturated heterocycles. The molecule has 0 spiro atoms. The van der Waals surface area contributed by atoms with E-state index in [0.29, 0.717) is 4.60 Å². The molecule has 1 heterocycles. The zero-order valence-corrected chi connectivity index (χ0v) is 13.3. The highest BCUT2D eigenvalue weighted by Gasteiger charge is 2.18. The van der Waals surface area contributed by atoms with Crippen LogP contribution in [0.25, 0.3) is 0 Å². The first-order chi connectivity index (χ1) is 8.88. The summed E-state index contributed by atoms with van der Waals surface area (Å²) in [4.78, 5) is 3.91. The SMILES string of the molecule is O=S(=O)(Nc1cccc(Br)n1)c1ccc(F)cc1Br. The lowest BCUT2D eigenvalue weighted by Crippen LogP contribution is -2.14. The van der Waals surface area contributed by atoms with Crippen molar-refractivity contribution in [3.63, 3.8) is 0 Å². The molecule has 4 nitrogen and oxygen atoms in total. The number of pyridine rings is 1. The van der Waals surface area contributed by atoms with E-state index in [2.05, 4.69) is 41.6 Å². The summed E-state index contributed by atoms with van der Waals surface area (Å²) in [5, 5.41) is 0. The van der Waals surface area contributed by atoms with Crippen LogP contribution in [-0.2, 0) is 10.0 Å². The number of benzene rings is 1. The quantitative estimate of drug-likeness (QED) is 0.788. The average molecular weight is 410 g/mol. The second-order valence-corrected chi connectivity index (χ2v) is 6.84. The summed E-state index contributed by atoms with van der Waals surface area (Å²) in [5.41, 5.74) is 0. The molecule has 2 rings (SSSR count). The van der Waals surface area contributed by atoms with E-state index in [1.165, 1.54) is 12.1 Å². The molecule has 0 amide bonds. The molecule has 0 aliphatic heterocycles. The Morgan fingerprint density at radius 3 is 2.53 bits per heavy atom. The predicted octanol–water partition coefficient (Wildman–Crippen LogP) is 3.55. The molecule has 0 aliphatic carbocycles. The standard InChI is InChI=1S/C11H7Br2FN2O2S/c12-8-6-7(14)4-5-9(8)19(17,18)16-11-3-1-2-10(13)15-11/h1-6H,(H,15,16). The average Bonchev–Trinajstić information content (AvgIpc) is 2.27. The fourth-order valence-corrected chi connectivity index (χ4v) is 3.75. The van der Waals surface area contributed by atoms with Gasteiger partial charge in [0.1, 0.15) is 21.1 Å². The van der Waals surface area contributed by atoms with Gasteiger partial charge in [-0.3, -0.25) is 4.72 Å². The molecular formula is C11H7Br2FN2O2S. The largest absolute Gasteiger partial charge is 0.264 e. The van der Waals surface area contributed by atoms with Crippen molar-refractivity contribution in [2.75, 3.05) is 4.72 Å². The van der Waals surface area contributed by atoms with E-state index in [0.717, 1.165) is 12.1 Å². The first-order valence-electron chi connectivity index (χ1n) is 4.99. The molecule has 1 aromatic carbocycles. The smallest absolute Gasteiger partial charge is 0.263 e. The summed E-state index contributed by atoms with van der Waals surface area (Å²) in [6.07, 6.45) is 0. The maximum Gasteiger partial charge on any atom is 0.264 e. The first kappa shape index (κ1) is 14.4. The van der Waals surface area contributed by atoms with Crippen molar-refractivity contribution in [1.82, 2.24) is 4.98 Å². The Morgan fingerprint density at radius 2 is 1.89 bits per heavy atom. The summed E-state index contributed by atoms with van der Waals surface area (Å²) in [6, 6.07) is 8.18. The van der Waals surface area contributed by atoms with Crippen LogP contribution in [0.5, 0.6) is 0 Å². The minimum Gasteiger partial charge on any atom is -0.263 e. The molecule has 100 valence electrons. The normalized spacial score (nSPS) is 11.3. The van der Waals surface area contributed by atoms with Crippen molar-refractivity contribution < 1.29 is 12.8 Å². The van der Waals surface area contributed by atoms with Crippen molar-refractivity contribution in [1.29, 1.82) is 0 Å². The molecule has 19 heavy (non-hydrogen) atoms. The van der Waals surface area contributed by atoms with Gasteiger partial charge in [0.25, 0.3) is 10.0 Å². The number of sulfonamides is 1. The van der Waals surface area contributed by atoms with Crippen molar-refractivity contribution >= 4 is 47.7 Å². The topological polar surface area (TPSA) is 59.1 Å². The van der Waals surface area contributed by atoms with E-state index in [1.54, 1.807) is 12.1 Å². The van der Waals surface area contributed by atoms with Crippen LogP contribution in [0, 0.1) is 5.82 Å². The number of rotatable bonds is 3. The lowest BCUT2D eigenvalue weighted by atomic mass is 10.3. The summed E-state index contributed by atoms with van der Waals surface area (Å²) in [7, 11) is -3.82. The van der Waals surface area contributed by atoms with E-state index in [1.807, 2.05) is 0 Å². The van der Waals surface area contributed by atoms with Crippen molar-refractivity contribution in [2.45, 2.75) is 4.90 Å². The molecule has 0 bridgehead atoms. The summed E-state index contributed by atoms with van der Waals surface area (Å²) >= 11 is 6.17. The number of anilines is 1. The van der Waals surface area contributed by atoms with E-state index in [4.69, 9.17) is 0 Å². The predicted molar refractivity (Wildman–Crippen MR) is 76.8 cm³/mol. The minimum atomic E-state index is -3.82. The summed E-state index contributed by atoms with van der Waals surface area (Å²) < 4.78 is 40.2. The van der Waals surface area contributed by atoms with Crippen LogP contribution in [0.15, 0.2) is 50.4 Å². The van der Waals surface area contributed by atoms with E-state index >= 15 is 0 Å². The number of hydrogen-bond acceptors (Lipinski definition) is 3. The van der Waals surface area contributed by atoms with Crippen LogP contribution in [0.3, 0.4) is 0 Å². The monoisotopic (exact) mass is 408 g/mol. The van der Waals surface area contributed by atoms with Crippen LogP contribution < -0.4 is 4.72 Å². The molecule has 1 N–H and O–H groups in total. The van der Waals surface area contributed by atoms with Gasteiger partial charge in [0.05, 0.1) is 0 Å². The Morgan fingerprint density at radius 1 is 1.16 bits per heavy atom. The number of nitrogens with zero attached hydrogens (tertiary/aromatic N) is 1. The zero-order chi connectivity index (χ0) is 14.0. The molecular weight excluding hydrogens is 403 g/mol. The van der Waals surface area contributed by atoms with Gasteiger partial charge in [-0.2, -0.15) is 0 Å². The van der Waals surface area contributed by atoms with Crippen LogP contribution in [0.2, 0.25) is 0 Å². The second-order valence-electron chi connectivity index (χ2n) is 3.53.